The fraction of sp³-hybridized carbons (Fsp3) is 0.294. The highest BCUT2D eigenvalue weighted by Gasteiger charge is 2.10. The van der Waals surface area contributed by atoms with E-state index in [0.717, 1.165) is 23.7 Å². The maximum absolute atomic E-state index is 13.2. The molecule has 0 heterocycles. The molecule has 2 aromatic rings. The second kappa shape index (κ2) is 6.85. The van der Waals surface area contributed by atoms with Gasteiger partial charge in [-0.2, -0.15) is 0 Å². The van der Waals surface area contributed by atoms with Crippen LogP contribution in [0.3, 0.4) is 0 Å². The van der Waals surface area contributed by atoms with E-state index in [4.69, 9.17) is 0 Å². The Kier molecular flexibility index (Phi) is 5.15. The van der Waals surface area contributed by atoms with Crippen molar-refractivity contribution in [2.75, 3.05) is 5.33 Å². The maximum Gasteiger partial charge on any atom is 0.123 e. The Morgan fingerprint density at radius 3 is 2.21 bits per heavy atom. The molecule has 0 aliphatic carbocycles. The van der Waals surface area contributed by atoms with Crippen LogP contribution in [0.2, 0.25) is 0 Å². The van der Waals surface area contributed by atoms with Gasteiger partial charge in [0.25, 0.3) is 0 Å². The first-order chi connectivity index (χ1) is 9.17. The average molecular weight is 321 g/mol. The summed E-state index contributed by atoms with van der Waals surface area (Å²) in [5.74, 6) is 0.338. The van der Waals surface area contributed by atoms with Crippen molar-refractivity contribution in [3.63, 3.8) is 0 Å². The second-order valence-corrected chi connectivity index (χ2v) is 5.70. The minimum Gasteiger partial charge on any atom is -0.207 e. The van der Waals surface area contributed by atoms with Crippen molar-refractivity contribution in [2.45, 2.75) is 19.8 Å². The fourth-order valence-electron chi connectivity index (χ4n) is 2.35. The highest BCUT2D eigenvalue weighted by atomic mass is 79.9. The van der Waals surface area contributed by atoms with E-state index in [0.29, 0.717) is 5.92 Å². The topological polar surface area (TPSA) is 0 Å². The van der Waals surface area contributed by atoms with Crippen LogP contribution in [0.1, 0.15) is 16.7 Å². The molecule has 0 radical (unpaired) electrons. The molecule has 0 fully saturated rings. The van der Waals surface area contributed by atoms with Gasteiger partial charge in [-0.25, -0.2) is 4.39 Å². The SMILES string of the molecule is Cc1cccc(CC(CBr)Cc2cccc(F)c2)c1. The van der Waals surface area contributed by atoms with Crippen LogP contribution in [0.5, 0.6) is 0 Å². The van der Waals surface area contributed by atoms with Crippen molar-refractivity contribution in [2.24, 2.45) is 5.92 Å². The molecule has 0 saturated carbocycles. The first kappa shape index (κ1) is 14.3. The molecule has 2 aromatic carbocycles. The lowest BCUT2D eigenvalue weighted by Crippen LogP contribution is -2.10. The Balaban J connectivity index is 2.04. The number of rotatable bonds is 5. The van der Waals surface area contributed by atoms with Gasteiger partial charge < -0.3 is 0 Å². The molecule has 2 heteroatoms. The molecule has 19 heavy (non-hydrogen) atoms. The first-order valence-corrected chi connectivity index (χ1v) is 7.65. The molecule has 0 N–H and O–H groups in total. The number of halogens is 2. The van der Waals surface area contributed by atoms with E-state index in [1.807, 2.05) is 6.07 Å². The van der Waals surface area contributed by atoms with Crippen molar-refractivity contribution in [1.29, 1.82) is 0 Å². The molecule has 0 aliphatic rings. The smallest absolute Gasteiger partial charge is 0.123 e. The van der Waals surface area contributed by atoms with Crippen LogP contribution in [0, 0.1) is 18.7 Å². The molecule has 0 amide bonds. The fourth-order valence-corrected chi connectivity index (χ4v) is 2.81. The molecule has 0 bridgehead atoms. The molecule has 0 aliphatic heterocycles. The zero-order valence-electron chi connectivity index (χ0n) is 11.1. The highest BCUT2D eigenvalue weighted by Crippen LogP contribution is 2.18. The molecule has 0 nitrogen and oxygen atoms in total. The number of alkyl halides is 1. The van der Waals surface area contributed by atoms with Gasteiger partial charge in [0.1, 0.15) is 5.82 Å². The second-order valence-electron chi connectivity index (χ2n) is 5.05. The summed E-state index contributed by atoms with van der Waals surface area (Å²) in [4.78, 5) is 0. The lowest BCUT2D eigenvalue weighted by molar-refractivity contribution is 0.582. The van der Waals surface area contributed by atoms with Gasteiger partial charge in [0.05, 0.1) is 0 Å². The van der Waals surface area contributed by atoms with E-state index < -0.39 is 0 Å². The molecule has 1 unspecified atom stereocenters. The summed E-state index contributed by atoms with van der Waals surface area (Å²) >= 11 is 3.57. The van der Waals surface area contributed by atoms with Crippen LogP contribution in [-0.2, 0) is 12.8 Å². The number of hydrogen-bond donors (Lipinski definition) is 0. The Bertz CT molecular complexity index is 489. The standard InChI is InChI=1S/C17H18BrF/c1-13-4-2-5-14(8-13)9-16(12-18)10-15-6-3-7-17(19)11-15/h2-8,11,16H,9-10,12H2,1H3. The van der Waals surface area contributed by atoms with Gasteiger partial charge in [0.2, 0.25) is 0 Å². The largest absolute Gasteiger partial charge is 0.207 e. The van der Waals surface area contributed by atoms with Gasteiger partial charge in [-0.05, 0) is 48.9 Å². The lowest BCUT2D eigenvalue weighted by Gasteiger charge is -2.14. The van der Waals surface area contributed by atoms with E-state index in [1.165, 1.54) is 17.2 Å². The molecule has 100 valence electrons. The van der Waals surface area contributed by atoms with E-state index >= 15 is 0 Å². The van der Waals surface area contributed by atoms with Gasteiger partial charge in [0.15, 0.2) is 0 Å². The van der Waals surface area contributed by atoms with Gasteiger partial charge in [-0.3, -0.25) is 0 Å². The number of hydrogen-bond acceptors (Lipinski definition) is 0. The van der Waals surface area contributed by atoms with E-state index in [-0.39, 0.29) is 5.82 Å². The summed E-state index contributed by atoms with van der Waals surface area (Å²) in [6.07, 6.45) is 1.92. The van der Waals surface area contributed by atoms with Crippen LogP contribution in [-0.4, -0.2) is 5.33 Å². The predicted molar refractivity (Wildman–Crippen MR) is 82.3 cm³/mol. The van der Waals surface area contributed by atoms with Gasteiger partial charge in [-0.1, -0.05) is 57.9 Å². The van der Waals surface area contributed by atoms with E-state index in [2.05, 4.69) is 47.1 Å². The quantitative estimate of drug-likeness (QED) is 0.685. The van der Waals surface area contributed by atoms with Crippen molar-refractivity contribution in [3.8, 4) is 0 Å². The predicted octanol–water partition coefficient (Wildman–Crippen LogP) is 4.93. The summed E-state index contributed by atoms with van der Waals surface area (Å²) in [7, 11) is 0. The molecule has 1 atom stereocenters. The Labute approximate surface area is 122 Å². The molecular weight excluding hydrogens is 303 g/mol. The summed E-state index contributed by atoms with van der Waals surface area (Å²) in [6, 6.07) is 15.5. The maximum atomic E-state index is 13.2. The van der Waals surface area contributed by atoms with Crippen molar-refractivity contribution >= 4 is 15.9 Å². The summed E-state index contributed by atoms with van der Waals surface area (Å²) in [6.45, 7) is 2.11. The van der Waals surface area contributed by atoms with Crippen LogP contribution >= 0.6 is 15.9 Å². The van der Waals surface area contributed by atoms with Crippen LogP contribution in [0.4, 0.5) is 4.39 Å². The van der Waals surface area contributed by atoms with Crippen molar-refractivity contribution in [3.05, 3.63) is 71.0 Å². The molecule has 0 saturated heterocycles. The zero-order chi connectivity index (χ0) is 13.7. The van der Waals surface area contributed by atoms with Gasteiger partial charge in [0, 0.05) is 5.33 Å². The van der Waals surface area contributed by atoms with Gasteiger partial charge in [-0.15, -0.1) is 0 Å². The Morgan fingerprint density at radius 2 is 1.63 bits per heavy atom. The minimum atomic E-state index is -0.152. The number of aryl methyl sites for hydroxylation is 1. The van der Waals surface area contributed by atoms with Gasteiger partial charge >= 0.3 is 0 Å². The zero-order valence-corrected chi connectivity index (χ0v) is 12.7. The van der Waals surface area contributed by atoms with Crippen LogP contribution < -0.4 is 0 Å². The van der Waals surface area contributed by atoms with E-state index in [9.17, 15) is 4.39 Å². The van der Waals surface area contributed by atoms with E-state index in [1.54, 1.807) is 12.1 Å². The van der Waals surface area contributed by atoms with Crippen molar-refractivity contribution in [1.82, 2.24) is 0 Å². The van der Waals surface area contributed by atoms with Crippen molar-refractivity contribution < 1.29 is 4.39 Å². The molecule has 2 rings (SSSR count). The Hall–Kier alpha value is -1.15. The van der Waals surface area contributed by atoms with Crippen LogP contribution in [0.25, 0.3) is 0 Å². The molecule has 0 spiro atoms. The first-order valence-electron chi connectivity index (χ1n) is 6.53. The monoisotopic (exact) mass is 320 g/mol. The third-order valence-electron chi connectivity index (χ3n) is 3.24. The lowest BCUT2D eigenvalue weighted by atomic mass is 9.93. The summed E-state index contributed by atoms with van der Waals surface area (Å²) in [5.41, 5.74) is 3.70. The number of benzene rings is 2. The highest BCUT2D eigenvalue weighted by molar-refractivity contribution is 9.09. The van der Waals surface area contributed by atoms with Crippen LogP contribution in [0.15, 0.2) is 48.5 Å². The molecular formula is C17H18BrF. The summed E-state index contributed by atoms with van der Waals surface area (Å²) in [5, 5.41) is 0.928. The minimum absolute atomic E-state index is 0.152. The Morgan fingerprint density at radius 1 is 1.00 bits per heavy atom. The summed E-state index contributed by atoms with van der Waals surface area (Å²) < 4.78 is 13.2. The third-order valence-corrected chi connectivity index (χ3v) is 4.15. The molecule has 0 aromatic heterocycles. The normalized spacial score (nSPS) is 12.4. The third kappa shape index (κ3) is 4.46. The average Bonchev–Trinajstić information content (AvgIpc) is 2.38.